The highest BCUT2D eigenvalue weighted by Crippen LogP contribution is 2.38. The van der Waals surface area contributed by atoms with Gasteiger partial charge in [-0.15, -0.1) is 0 Å². The molecule has 8 nitrogen and oxygen atoms in total. The second-order valence-electron chi connectivity index (χ2n) is 9.13. The van der Waals surface area contributed by atoms with Crippen molar-refractivity contribution in [2.24, 2.45) is 0 Å². The van der Waals surface area contributed by atoms with E-state index in [1.807, 2.05) is 19.1 Å². The lowest BCUT2D eigenvalue weighted by atomic mass is 10.2. The van der Waals surface area contributed by atoms with Crippen molar-refractivity contribution in [3.8, 4) is 0 Å². The molecule has 0 spiro atoms. The van der Waals surface area contributed by atoms with E-state index in [4.69, 9.17) is 17.2 Å². The highest BCUT2D eigenvalue weighted by atomic mass is 32.2. The fraction of sp³-hybridized carbons (Fsp3) is 0.500. The zero-order valence-corrected chi connectivity index (χ0v) is 20.9. The van der Waals surface area contributed by atoms with Crippen molar-refractivity contribution in [2.45, 2.75) is 38.6 Å². The molecule has 34 heavy (non-hydrogen) atoms. The fourth-order valence-corrected chi connectivity index (χ4v) is 6.41. The lowest BCUT2D eigenvalue weighted by molar-refractivity contribution is -0.123. The van der Waals surface area contributed by atoms with E-state index in [0.29, 0.717) is 45.9 Å². The number of aliphatic hydroxyl groups excluding tert-OH is 1. The van der Waals surface area contributed by atoms with Gasteiger partial charge in [0.25, 0.3) is 11.5 Å². The average Bonchev–Trinajstić information content (AvgIpc) is 3.44. The van der Waals surface area contributed by atoms with E-state index < -0.39 is 0 Å². The van der Waals surface area contributed by atoms with Gasteiger partial charge in [0.1, 0.15) is 15.8 Å². The van der Waals surface area contributed by atoms with Gasteiger partial charge >= 0.3 is 0 Å². The second-order valence-corrected chi connectivity index (χ2v) is 10.8. The first-order chi connectivity index (χ1) is 16.5. The normalized spacial score (nSPS) is 21.5. The minimum atomic E-state index is -0.187. The van der Waals surface area contributed by atoms with Gasteiger partial charge < -0.3 is 10.0 Å². The maximum atomic E-state index is 13.7. The van der Waals surface area contributed by atoms with Crippen molar-refractivity contribution in [3.05, 3.63) is 44.7 Å². The second kappa shape index (κ2) is 9.77. The molecular formula is C24H29N5O3S2. The number of amides is 1. The first-order valence-electron chi connectivity index (χ1n) is 11.8. The maximum Gasteiger partial charge on any atom is 0.267 e. The number of hydrogen-bond acceptors (Lipinski definition) is 8. The van der Waals surface area contributed by atoms with Crippen LogP contribution >= 0.6 is 24.0 Å². The molecule has 10 heteroatoms. The van der Waals surface area contributed by atoms with Crippen LogP contribution in [0.4, 0.5) is 5.82 Å². The lowest BCUT2D eigenvalue weighted by Crippen LogP contribution is -2.48. The molecule has 180 valence electrons. The van der Waals surface area contributed by atoms with Gasteiger partial charge in [-0.3, -0.25) is 23.8 Å². The van der Waals surface area contributed by atoms with Gasteiger partial charge in [-0.2, -0.15) is 0 Å². The van der Waals surface area contributed by atoms with Crippen LogP contribution in [0, 0.1) is 6.92 Å². The van der Waals surface area contributed by atoms with E-state index in [2.05, 4.69) is 9.80 Å². The predicted octanol–water partition coefficient (Wildman–Crippen LogP) is 2.26. The van der Waals surface area contributed by atoms with Gasteiger partial charge in [0.2, 0.25) is 0 Å². The van der Waals surface area contributed by atoms with Crippen LogP contribution < -0.4 is 10.5 Å². The summed E-state index contributed by atoms with van der Waals surface area (Å²) in [5.74, 6) is 0.498. The van der Waals surface area contributed by atoms with Crippen molar-refractivity contribution in [3.63, 3.8) is 0 Å². The lowest BCUT2D eigenvalue weighted by Gasteiger charge is -2.35. The molecule has 4 heterocycles. The molecule has 2 saturated heterocycles. The third kappa shape index (κ3) is 4.39. The molecular weight excluding hydrogens is 470 g/mol. The Morgan fingerprint density at radius 2 is 1.91 bits per heavy atom. The van der Waals surface area contributed by atoms with Crippen molar-refractivity contribution < 1.29 is 9.90 Å². The van der Waals surface area contributed by atoms with E-state index in [-0.39, 0.29) is 24.1 Å². The molecule has 0 unspecified atom stereocenters. The Hall–Kier alpha value is -2.27. The van der Waals surface area contributed by atoms with Gasteiger partial charge in [-0.25, -0.2) is 4.98 Å². The molecule has 2 aromatic rings. The monoisotopic (exact) mass is 499 g/mol. The predicted molar refractivity (Wildman–Crippen MR) is 139 cm³/mol. The molecule has 3 aliphatic rings. The molecule has 3 fully saturated rings. The summed E-state index contributed by atoms with van der Waals surface area (Å²) in [6, 6.07) is 3.96. The van der Waals surface area contributed by atoms with Crippen LogP contribution in [-0.4, -0.2) is 79.9 Å². The summed E-state index contributed by atoms with van der Waals surface area (Å²) in [6.45, 7) is 5.64. The van der Waals surface area contributed by atoms with Gasteiger partial charge in [0, 0.05) is 45.0 Å². The number of hydrogen-bond donors (Lipinski definition) is 1. The average molecular weight is 500 g/mol. The highest BCUT2D eigenvalue weighted by Gasteiger charge is 2.38. The van der Waals surface area contributed by atoms with Crippen LogP contribution in [0.3, 0.4) is 0 Å². The minimum absolute atomic E-state index is 0.102. The maximum absolute atomic E-state index is 13.7. The largest absolute Gasteiger partial charge is 0.395 e. The first-order valence-corrected chi connectivity index (χ1v) is 13.1. The van der Waals surface area contributed by atoms with Crippen LogP contribution in [-0.2, 0) is 4.79 Å². The number of β-amino-alcohol motifs (C(OH)–C–C–N with tert-alkyl or cyclic N) is 1. The Morgan fingerprint density at radius 3 is 2.62 bits per heavy atom. The quantitative estimate of drug-likeness (QED) is 0.496. The number of aryl methyl sites for hydroxylation is 1. The van der Waals surface area contributed by atoms with E-state index >= 15 is 0 Å². The van der Waals surface area contributed by atoms with Crippen LogP contribution in [0.2, 0.25) is 0 Å². The topological polar surface area (TPSA) is 81.4 Å². The molecule has 5 rings (SSSR count). The number of carbonyl (C=O) groups is 1. The number of thiocarbonyl (C=S) groups is 1. The third-order valence-corrected chi connectivity index (χ3v) is 8.19. The Labute approximate surface area is 208 Å². The van der Waals surface area contributed by atoms with Crippen molar-refractivity contribution in [2.75, 3.05) is 44.2 Å². The molecule has 1 aliphatic carbocycles. The summed E-state index contributed by atoms with van der Waals surface area (Å²) in [4.78, 5) is 38.4. The summed E-state index contributed by atoms with van der Waals surface area (Å²) in [5, 5.41) is 9.26. The number of nitrogens with zero attached hydrogens (tertiary/aromatic N) is 5. The molecule has 0 bridgehead atoms. The number of pyridine rings is 1. The van der Waals surface area contributed by atoms with Gasteiger partial charge in [0.15, 0.2) is 0 Å². The standard InChI is InChI=1S/C24H29N5O3S2/c1-16-6-7-20-25-21(27-10-8-26(9-11-27)12-13-30)18(22(31)28(20)15-16)14-19-23(32)29(24(33)34-19)17-4-2-3-5-17/h6-7,14-15,17,30H,2-5,8-13H2,1H3. The van der Waals surface area contributed by atoms with E-state index in [1.165, 1.54) is 11.8 Å². The zero-order valence-electron chi connectivity index (χ0n) is 19.3. The smallest absolute Gasteiger partial charge is 0.267 e. The number of fused-ring (bicyclic) bond motifs is 1. The molecule has 1 amide bonds. The van der Waals surface area contributed by atoms with Crippen molar-refractivity contribution >= 4 is 51.7 Å². The number of anilines is 1. The SMILES string of the molecule is Cc1ccc2nc(N3CCN(CCO)CC3)c(C=C3SC(=S)N(C4CCCC4)C3=O)c(=O)n2c1. The molecule has 0 radical (unpaired) electrons. The Kier molecular flexibility index (Phi) is 6.74. The number of thioether (sulfide) groups is 1. The van der Waals surface area contributed by atoms with Crippen LogP contribution in [0.5, 0.6) is 0 Å². The van der Waals surface area contributed by atoms with Crippen molar-refractivity contribution in [1.29, 1.82) is 0 Å². The Balaban J connectivity index is 1.56. The molecule has 0 aromatic carbocycles. The number of aromatic nitrogens is 2. The number of carbonyl (C=O) groups excluding carboxylic acids is 1. The molecule has 1 saturated carbocycles. The molecule has 2 aliphatic heterocycles. The van der Waals surface area contributed by atoms with Crippen molar-refractivity contribution in [1.82, 2.24) is 19.2 Å². The summed E-state index contributed by atoms with van der Waals surface area (Å²) in [7, 11) is 0. The number of aliphatic hydroxyl groups is 1. The summed E-state index contributed by atoms with van der Waals surface area (Å²) >= 11 is 6.84. The Bertz CT molecular complexity index is 1210. The van der Waals surface area contributed by atoms with Gasteiger partial charge in [-0.1, -0.05) is 42.9 Å². The van der Waals surface area contributed by atoms with E-state index in [9.17, 15) is 14.7 Å². The van der Waals surface area contributed by atoms with Crippen LogP contribution in [0.25, 0.3) is 11.7 Å². The van der Waals surface area contributed by atoms with Gasteiger partial charge in [-0.05, 0) is 37.5 Å². The molecule has 0 atom stereocenters. The molecule has 2 aromatic heterocycles. The van der Waals surface area contributed by atoms with E-state index in [0.717, 1.165) is 44.3 Å². The number of rotatable bonds is 5. The van der Waals surface area contributed by atoms with Crippen LogP contribution in [0.1, 0.15) is 36.8 Å². The first kappa shape index (κ1) is 23.5. The minimum Gasteiger partial charge on any atom is -0.395 e. The highest BCUT2D eigenvalue weighted by molar-refractivity contribution is 8.26. The Morgan fingerprint density at radius 1 is 1.18 bits per heavy atom. The van der Waals surface area contributed by atoms with Crippen LogP contribution in [0.15, 0.2) is 28.0 Å². The third-order valence-electron chi connectivity index (χ3n) is 6.86. The zero-order chi connectivity index (χ0) is 23.8. The van der Waals surface area contributed by atoms with Gasteiger partial charge in [0.05, 0.1) is 17.1 Å². The molecule has 1 N–H and O–H groups in total. The summed E-state index contributed by atoms with van der Waals surface area (Å²) in [6.07, 6.45) is 7.67. The summed E-state index contributed by atoms with van der Waals surface area (Å²) in [5.41, 5.74) is 1.78. The summed E-state index contributed by atoms with van der Waals surface area (Å²) < 4.78 is 2.14. The van der Waals surface area contributed by atoms with E-state index in [1.54, 1.807) is 21.6 Å². The number of piperazine rings is 1. The fourth-order valence-electron chi connectivity index (χ4n) is 5.03.